The third kappa shape index (κ3) is 3.75. The summed E-state index contributed by atoms with van der Waals surface area (Å²) in [6, 6.07) is 0.658. The number of rotatable bonds is 8. The largest absolute Gasteiger partial charge is 0.378 e. The monoisotopic (exact) mass is 282 g/mol. The van der Waals surface area contributed by atoms with E-state index in [-0.39, 0.29) is 0 Å². The number of hydrogen-bond donors (Lipinski definition) is 1. The van der Waals surface area contributed by atoms with Crippen molar-refractivity contribution in [1.29, 1.82) is 0 Å². The minimum Gasteiger partial charge on any atom is -0.378 e. The van der Waals surface area contributed by atoms with Crippen LogP contribution in [-0.4, -0.2) is 49.8 Å². The van der Waals surface area contributed by atoms with Gasteiger partial charge < -0.3 is 15.0 Å². The molecule has 3 heteroatoms. The number of nitrogens with zero attached hydrogens (tertiary/aromatic N) is 1. The van der Waals surface area contributed by atoms with Crippen LogP contribution in [0.15, 0.2) is 0 Å². The molecule has 0 bridgehead atoms. The van der Waals surface area contributed by atoms with E-state index in [0.29, 0.717) is 17.6 Å². The maximum atomic E-state index is 5.87. The highest BCUT2D eigenvalue weighted by Gasteiger charge is 2.50. The third-order valence-electron chi connectivity index (χ3n) is 5.60. The van der Waals surface area contributed by atoms with E-state index >= 15 is 0 Å². The first kappa shape index (κ1) is 16.3. The maximum absolute atomic E-state index is 5.87. The van der Waals surface area contributed by atoms with Gasteiger partial charge in [0, 0.05) is 18.1 Å². The summed E-state index contributed by atoms with van der Waals surface area (Å²) < 4.78 is 5.87. The molecule has 0 spiro atoms. The SMILES string of the molecule is CCOC1CC(NCCCN2CCCCC2)C1(C)CC. The molecule has 1 aliphatic carbocycles. The molecule has 0 aromatic rings. The predicted octanol–water partition coefficient (Wildman–Crippen LogP) is 3.05. The lowest BCUT2D eigenvalue weighted by Gasteiger charge is -2.54. The molecular formula is C17H34N2O. The van der Waals surface area contributed by atoms with Gasteiger partial charge in [0.25, 0.3) is 0 Å². The highest BCUT2D eigenvalue weighted by molar-refractivity contribution is 5.04. The second-order valence-corrected chi connectivity index (χ2v) is 6.80. The number of ether oxygens (including phenoxy) is 1. The van der Waals surface area contributed by atoms with Gasteiger partial charge in [0.15, 0.2) is 0 Å². The van der Waals surface area contributed by atoms with E-state index in [4.69, 9.17) is 4.74 Å². The van der Waals surface area contributed by atoms with E-state index in [9.17, 15) is 0 Å². The highest BCUT2D eigenvalue weighted by Crippen LogP contribution is 2.45. The normalized spacial score (nSPS) is 35.0. The van der Waals surface area contributed by atoms with Crippen LogP contribution < -0.4 is 5.32 Å². The van der Waals surface area contributed by atoms with Gasteiger partial charge in [0.05, 0.1) is 6.10 Å². The number of likely N-dealkylation sites (tertiary alicyclic amines) is 1. The lowest BCUT2D eigenvalue weighted by molar-refractivity contribution is -0.125. The first-order chi connectivity index (χ1) is 9.70. The molecule has 1 heterocycles. The van der Waals surface area contributed by atoms with Crippen LogP contribution in [0.1, 0.15) is 59.3 Å². The Labute approximate surface area is 125 Å². The summed E-state index contributed by atoms with van der Waals surface area (Å²) in [6.07, 6.45) is 8.40. The van der Waals surface area contributed by atoms with E-state index in [2.05, 4.69) is 31.0 Å². The molecule has 2 aliphatic rings. The number of nitrogens with one attached hydrogen (secondary N) is 1. The van der Waals surface area contributed by atoms with Gasteiger partial charge in [-0.3, -0.25) is 0 Å². The van der Waals surface area contributed by atoms with Crippen molar-refractivity contribution in [2.24, 2.45) is 5.41 Å². The summed E-state index contributed by atoms with van der Waals surface area (Å²) in [7, 11) is 0. The zero-order chi connectivity index (χ0) is 14.4. The fourth-order valence-corrected chi connectivity index (χ4v) is 3.83. The van der Waals surface area contributed by atoms with E-state index < -0.39 is 0 Å². The molecule has 20 heavy (non-hydrogen) atoms. The molecule has 1 saturated carbocycles. The fourth-order valence-electron chi connectivity index (χ4n) is 3.83. The van der Waals surface area contributed by atoms with Gasteiger partial charge in [-0.05, 0) is 65.2 Å². The molecule has 3 atom stereocenters. The van der Waals surface area contributed by atoms with Crippen LogP contribution in [0.3, 0.4) is 0 Å². The summed E-state index contributed by atoms with van der Waals surface area (Å²) >= 11 is 0. The van der Waals surface area contributed by atoms with Crippen LogP contribution in [-0.2, 0) is 4.74 Å². The molecule has 0 radical (unpaired) electrons. The second kappa shape index (κ2) is 7.77. The Balaban J connectivity index is 1.62. The number of piperidine rings is 1. The lowest BCUT2D eigenvalue weighted by atomic mass is 9.61. The Morgan fingerprint density at radius 1 is 1.20 bits per heavy atom. The lowest BCUT2D eigenvalue weighted by Crippen LogP contribution is -2.62. The summed E-state index contributed by atoms with van der Waals surface area (Å²) in [4.78, 5) is 2.63. The minimum atomic E-state index is 0.348. The van der Waals surface area contributed by atoms with Gasteiger partial charge in [-0.25, -0.2) is 0 Å². The smallest absolute Gasteiger partial charge is 0.0658 e. The first-order valence-corrected chi connectivity index (χ1v) is 8.78. The minimum absolute atomic E-state index is 0.348. The van der Waals surface area contributed by atoms with Crippen LogP contribution >= 0.6 is 0 Å². The summed E-state index contributed by atoms with van der Waals surface area (Å²) in [5, 5.41) is 3.78. The average molecular weight is 282 g/mol. The van der Waals surface area contributed by atoms with Crippen molar-refractivity contribution >= 4 is 0 Å². The standard InChI is InChI=1S/C17H34N2O/c1-4-17(3)15(14-16(17)20-5-2)18-10-9-13-19-11-7-6-8-12-19/h15-16,18H,4-14H2,1-3H3. The quantitative estimate of drug-likeness (QED) is 0.693. The van der Waals surface area contributed by atoms with E-state index in [1.165, 1.54) is 58.2 Å². The van der Waals surface area contributed by atoms with E-state index in [0.717, 1.165) is 13.2 Å². The zero-order valence-corrected chi connectivity index (χ0v) is 13.8. The maximum Gasteiger partial charge on any atom is 0.0658 e. The molecule has 0 amide bonds. The van der Waals surface area contributed by atoms with Crippen LogP contribution in [0.5, 0.6) is 0 Å². The number of hydrogen-bond acceptors (Lipinski definition) is 3. The van der Waals surface area contributed by atoms with E-state index in [1.807, 2.05) is 0 Å². The molecule has 1 N–H and O–H groups in total. The molecular weight excluding hydrogens is 248 g/mol. The zero-order valence-electron chi connectivity index (χ0n) is 13.8. The van der Waals surface area contributed by atoms with Crippen molar-refractivity contribution in [1.82, 2.24) is 10.2 Å². The predicted molar refractivity (Wildman–Crippen MR) is 85.1 cm³/mol. The van der Waals surface area contributed by atoms with Crippen molar-refractivity contribution in [3.05, 3.63) is 0 Å². The highest BCUT2D eigenvalue weighted by atomic mass is 16.5. The van der Waals surface area contributed by atoms with Crippen LogP contribution in [0.25, 0.3) is 0 Å². The van der Waals surface area contributed by atoms with Crippen molar-refractivity contribution in [3.8, 4) is 0 Å². The molecule has 2 fully saturated rings. The summed E-state index contributed by atoms with van der Waals surface area (Å²) in [5.74, 6) is 0. The van der Waals surface area contributed by atoms with Gasteiger partial charge in [-0.2, -0.15) is 0 Å². The van der Waals surface area contributed by atoms with Crippen molar-refractivity contribution in [2.75, 3.05) is 32.8 Å². The summed E-state index contributed by atoms with van der Waals surface area (Å²) in [6.45, 7) is 12.7. The van der Waals surface area contributed by atoms with Crippen LogP contribution in [0.2, 0.25) is 0 Å². The fraction of sp³-hybridized carbons (Fsp3) is 1.00. The Morgan fingerprint density at radius 2 is 1.95 bits per heavy atom. The van der Waals surface area contributed by atoms with Gasteiger partial charge in [0.2, 0.25) is 0 Å². The van der Waals surface area contributed by atoms with Crippen molar-refractivity contribution < 1.29 is 4.74 Å². The Morgan fingerprint density at radius 3 is 2.60 bits per heavy atom. The molecule has 3 unspecified atom stereocenters. The van der Waals surface area contributed by atoms with Gasteiger partial charge in [-0.15, -0.1) is 0 Å². The molecule has 1 aliphatic heterocycles. The van der Waals surface area contributed by atoms with Crippen LogP contribution in [0.4, 0.5) is 0 Å². The van der Waals surface area contributed by atoms with Crippen LogP contribution in [0, 0.1) is 5.41 Å². The second-order valence-electron chi connectivity index (χ2n) is 6.80. The van der Waals surface area contributed by atoms with Crippen molar-refractivity contribution in [2.45, 2.75) is 71.4 Å². The molecule has 0 aromatic heterocycles. The van der Waals surface area contributed by atoms with E-state index in [1.54, 1.807) is 0 Å². The molecule has 1 saturated heterocycles. The topological polar surface area (TPSA) is 24.5 Å². The van der Waals surface area contributed by atoms with Crippen molar-refractivity contribution in [3.63, 3.8) is 0 Å². The molecule has 3 nitrogen and oxygen atoms in total. The van der Waals surface area contributed by atoms with Gasteiger partial charge >= 0.3 is 0 Å². The molecule has 2 rings (SSSR count). The Hall–Kier alpha value is -0.120. The van der Waals surface area contributed by atoms with Gasteiger partial charge in [-0.1, -0.05) is 20.3 Å². The summed E-state index contributed by atoms with van der Waals surface area (Å²) in [5.41, 5.74) is 0.348. The Bertz CT molecular complexity index is 278. The third-order valence-corrected chi connectivity index (χ3v) is 5.60. The average Bonchev–Trinajstić information content (AvgIpc) is 2.49. The Kier molecular flexibility index (Phi) is 6.31. The first-order valence-electron chi connectivity index (χ1n) is 8.78. The molecule has 118 valence electrons. The molecule has 0 aromatic carbocycles. The van der Waals surface area contributed by atoms with Gasteiger partial charge in [0.1, 0.15) is 0 Å².